The van der Waals surface area contributed by atoms with Gasteiger partial charge in [0.05, 0.1) is 5.41 Å². The fourth-order valence-electron chi connectivity index (χ4n) is 2.79. The van der Waals surface area contributed by atoms with Crippen LogP contribution in [0.5, 0.6) is 0 Å². The third kappa shape index (κ3) is 1.57. The number of carbonyl (C=O) groups is 1. The minimum absolute atomic E-state index is 0.204. The van der Waals surface area contributed by atoms with Crippen molar-refractivity contribution < 1.29 is 9.18 Å². The fraction of sp³-hybridized carbons (Fsp3) is 0.500. The zero-order valence-electron chi connectivity index (χ0n) is 9.79. The van der Waals surface area contributed by atoms with Crippen molar-refractivity contribution in [3.63, 3.8) is 0 Å². The Morgan fingerprint density at radius 2 is 2.19 bits per heavy atom. The average Bonchev–Trinajstić information content (AvgIpc) is 2.27. The summed E-state index contributed by atoms with van der Waals surface area (Å²) in [6, 6.07) is 4.83. The first-order chi connectivity index (χ1) is 7.60. The Labute approximate surface area is 95.7 Å². The molecule has 0 heterocycles. The van der Waals surface area contributed by atoms with Crippen molar-refractivity contribution in [1.29, 1.82) is 0 Å². The van der Waals surface area contributed by atoms with Gasteiger partial charge in [-0.25, -0.2) is 4.39 Å². The van der Waals surface area contributed by atoms with Gasteiger partial charge in [0.15, 0.2) is 0 Å². The smallest absolute Gasteiger partial charge is 0.130 e. The van der Waals surface area contributed by atoms with E-state index in [2.05, 4.69) is 13.8 Å². The quantitative estimate of drug-likeness (QED) is 0.699. The molecule has 0 aromatic heterocycles. The summed E-state index contributed by atoms with van der Waals surface area (Å²) in [5.41, 5.74) is 1.64. The highest BCUT2D eigenvalue weighted by molar-refractivity contribution is 5.71. The van der Waals surface area contributed by atoms with Crippen LogP contribution in [0.1, 0.15) is 37.8 Å². The molecule has 0 N–H and O–H groups in total. The molecule has 0 amide bonds. The molecular weight excluding hydrogens is 203 g/mol. The van der Waals surface area contributed by atoms with Crippen molar-refractivity contribution in [2.45, 2.75) is 38.5 Å². The molecule has 1 aliphatic carbocycles. The fourth-order valence-corrected chi connectivity index (χ4v) is 2.79. The number of hydrogen-bond acceptors (Lipinski definition) is 1. The van der Waals surface area contributed by atoms with Gasteiger partial charge < -0.3 is 4.79 Å². The van der Waals surface area contributed by atoms with Gasteiger partial charge in [0.25, 0.3) is 0 Å². The van der Waals surface area contributed by atoms with Crippen molar-refractivity contribution in [2.24, 2.45) is 5.92 Å². The van der Waals surface area contributed by atoms with Gasteiger partial charge in [-0.05, 0) is 48.4 Å². The summed E-state index contributed by atoms with van der Waals surface area (Å²) in [4.78, 5) is 11.5. The maximum atomic E-state index is 13.2. The number of carbonyl (C=O) groups excluding carboxylic acids is 1. The Balaban J connectivity index is 2.58. The van der Waals surface area contributed by atoms with Gasteiger partial charge in [-0.3, -0.25) is 0 Å². The van der Waals surface area contributed by atoms with E-state index in [9.17, 15) is 9.18 Å². The predicted molar refractivity (Wildman–Crippen MR) is 61.9 cm³/mol. The van der Waals surface area contributed by atoms with Crippen LogP contribution in [0.15, 0.2) is 18.2 Å². The number of hydrogen-bond donors (Lipinski definition) is 0. The molecule has 0 saturated carbocycles. The topological polar surface area (TPSA) is 17.1 Å². The Morgan fingerprint density at radius 3 is 2.81 bits per heavy atom. The lowest BCUT2D eigenvalue weighted by molar-refractivity contribution is -0.114. The van der Waals surface area contributed by atoms with Gasteiger partial charge in [-0.15, -0.1) is 0 Å². The van der Waals surface area contributed by atoms with Crippen LogP contribution in [-0.4, -0.2) is 6.29 Å². The summed E-state index contributed by atoms with van der Waals surface area (Å²) in [5, 5.41) is 0. The highest BCUT2D eigenvalue weighted by Gasteiger charge is 2.39. The predicted octanol–water partition coefficient (Wildman–Crippen LogP) is 3.25. The van der Waals surface area contributed by atoms with Crippen molar-refractivity contribution in [2.75, 3.05) is 0 Å². The van der Waals surface area contributed by atoms with E-state index < -0.39 is 5.41 Å². The number of aryl methyl sites for hydroxylation is 1. The molecule has 86 valence electrons. The summed E-state index contributed by atoms with van der Waals surface area (Å²) in [7, 11) is 0. The number of halogens is 1. The summed E-state index contributed by atoms with van der Waals surface area (Å²) in [6.45, 7) is 4.12. The van der Waals surface area contributed by atoms with E-state index in [1.54, 1.807) is 12.1 Å². The largest absolute Gasteiger partial charge is 0.302 e. The minimum atomic E-state index is -0.402. The minimum Gasteiger partial charge on any atom is -0.302 e. The van der Waals surface area contributed by atoms with Crippen LogP contribution >= 0.6 is 0 Å². The number of benzene rings is 1. The normalized spacial score (nSPS) is 24.2. The lowest BCUT2D eigenvalue weighted by atomic mass is 9.65. The molecule has 0 saturated heterocycles. The Kier molecular flexibility index (Phi) is 2.83. The maximum Gasteiger partial charge on any atom is 0.130 e. The third-order valence-corrected chi connectivity index (χ3v) is 3.85. The third-order valence-electron chi connectivity index (χ3n) is 3.85. The van der Waals surface area contributed by atoms with Crippen molar-refractivity contribution in [1.82, 2.24) is 0 Å². The van der Waals surface area contributed by atoms with E-state index in [0.29, 0.717) is 0 Å². The van der Waals surface area contributed by atoms with Crippen LogP contribution in [-0.2, 0) is 16.6 Å². The standard InChI is InChI=1S/C14H17FO/c1-10(2)14(9-16)7-3-4-11-8-12(15)5-6-13(11)14/h5-6,8-10H,3-4,7H2,1-2H3. The van der Waals surface area contributed by atoms with E-state index in [4.69, 9.17) is 0 Å². The van der Waals surface area contributed by atoms with Crippen molar-refractivity contribution in [3.8, 4) is 0 Å². The molecule has 0 fully saturated rings. The summed E-state index contributed by atoms with van der Waals surface area (Å²) < 4.78 is 13.2. The first kappa shape index (κ1) is 11.3. The van der Waals surface area contributed by atoms with Crippen LogP contribution in [0, 0.1) is 11.7 Å². The number of aldehydes is 1. The highest BCUT2D eigenvalue weighted by atomic mass is 19.1. The number of fused-ring (bicyclic) bond motifs is 1. The molecule has 16 heavy (non-hydrogen) atoms. The van der Waals surface area contributed by atoms with Crippen LogP contribution < -0.4 is 0 Å². The molecule has 0 bridgehead atoms. The van der Waals surface area contributed by atoms with Crippen molar-refractivity contribution >= 4 is 6.29 Å². The van der Waals surface area contributed by atoms with Gasteiger partial charge >= 0.3 is 0 Å². The second-order valence-electron chi connectivity index (χ2n) is 4.97. The molecule has 1 unspecified atom stereocenters. The summed E-state index contributed by atoms with van der Waals surface area (Å²) >= 11 is 0. The van der Waals surface area contributed by atoms with E-state index in [0.717, 1.165) is 36.7 Å². The molecule has 1 nitrogen and oxygen atoms in total. The highest BCUT2D eigenvalue weighted by Crippen LogP contribution is 2.41. The summed E-state index contributed by atoms with van der Waals surface area (Å²) in [6.07, 6.45) is 3.79. The molecule has 2 heteroatoms. The van der Waals surface area contributed by atoms with E-state index >= 15 is 0 Å². The Morgan fingerprint density at radius 1 is 1.44 bits per heavy atom. The Hall–Kier alpha value is -1.18. The molecule has 2 rings (SSSR count). The average molecular weight is 220 g/mol. The second kappa shape index (κ2) is 4.00. The lowest BCUT2D eigenvalue weighted by Crippen LogP contribution is -2.37. The van der Waals surface area contributed by atoms with E-state index in [1.807, 2.05) is 0 Å². The zero-order chi connectivity index (χ0) is 11.8. The van der Waals surface area contributed by atoms with E-state index in [-0.39, 0.29) is 11.7 Å². The molecule has 1 aliphatic rings. The van der Waals surface area contributed by atoms with Crippen LogP contribution in [0.3, 0.4) is 0 Å². The van der Waals surface area contributed by atoms with Gasteiger partial charge in [-0.2, -0.15) is 0 Å². The first-order valence-corrected chi connectivity index (χ1v) is 5.85. The van der Waals surface area contributed by atoms with Crippen LogP contribution in [0.2, 0.25) is 0 Å². The number of rotatable bonds is 2. The zero-order valence-corrected chi connectivity index (χ0v) is 9.79. The molecule has 1 aromatic carbocycles. The second-order valence-corrected chi connectivity index (χ2v) is 4.97. The first-order valence-electron chi connectivity index (χ1n) is 5.85. The molecule has 0 aliphatic heterocycles. The SMILES string of the molecule is CC(C)C1(C=O)CCCc2cc(F)ccc21. The van der Waals surface area contributed by atoms with Gasteiger partial charge in [-0.1, -0.05) is 19.9 Å². The molecule has 0 radical (unpaired) electrons. The maximum absolute atomic E-state index is 13.2. The van der Waals surface area contributed by atoms with Gasteiger partial charge in [0.1, 0.15) is 12.1 Å². The molecule has 1 atom stereocenters. The monoisotopic (exact) mass is 220 g/mol. The van der Waals surface area contributed by atoms with Gasteiger partial charge in [0, 0.05) is 0 Å². The summed E-state index contributed by atoms with van der Waals surface area (Å²) in [5.74, 6) is 0.0544. The molecule has 1 aromatic rings. The van der Waals surface area contributed by atoms with Crippen molar-refractivity contribution in [3.05, 3.63) is 35.1 Å². The molecule has 0 spiro atoms. The lowest BCUT2D eigenvalue weighted by Gasteiger charge is -2.38. The van der Waals surface area contributed by atoms with E-state index in [1.165, 1.54) is 6.07 Å². The Bertz CT molecular complexity index is 411. The van der Waals surface area contributed by atoms with Crippen LogP contribution in [0.25, 0.3) is 0 Å². The van der Waals surface area contributed by atoms with Gasteiger partial charge in [0.2, 0.25) is 0 Å². The van der Waals surface area contributed by atoms with Crippen LogP contribution in [0.4, 0.5) is 4.39 Å². The molecular formula is C14H17FO.